The van der Waals surface area contributed by atoms with Gasteiger partial charge in [0.1, 0.15) is 5.75 Å². The van der Waals surface area contributed by atoms with Crippen molar-refractivity contribution in [1.29, 1.82) is 0 Å². The monoisotopic (exact) mass is 222 g/mol. The van der Waals surface area contributed by atoms with E-state index in [1.807, 2.05) is 36.4 Å². The molecule has 2 aromatic carbocycles. The number of benzene rings is 2. The van der Waals surface area contributed by atoms with Crippen LogP contribution in [0, 0.1) is 0 Å². The summed E-state index contributed by atoms with van der Waals surface area (Å²) in [5.41, 5.74) is 0. The molecule has 0 spiro atoms. The summed E-state index contributed by atoms with van der Waals surface area (Å²) in [6.45, 7) is 1.40. The van der Waals surface area contributed by atoms with Gasteiger partial charge in [-0.25, -0.2) is 0 Å². The van der Waals surface area contributed by atoms with Gasteiger partial charge in [-0.1, -0.05) is 30.3 Å². The first-order chi connectivity index (χ1) is 6.75. The lowest BCUT2D eigenvalue weighted by Gasteiger charge is -2.02. The number of carbonyl (C=O) groups is 1. The Morgan fingerprint density at radius 1 is 1.07 bits per heavy atom. The normalized spacial score (nSPS) is 9.40. The molecule has 2 aromatic rings. The smallest absolute Gasteiger partial charge is 0.308 e. The molecule has 0 saturated heterocycles. The van der Waals surface area contributed by atoms with Crippen molar-refractivity contribution < 1.29 is 9.53 Å². The quantitative estimate of drug-likeness (QED) is 0.547. The molecule has 0 aliphatic rings. The summed E-state index contributed by atoms with van der Waals surface area (Å²) >= 11 is 0. The van der Waals surface area contributed by atoms with E-state index in [0.717, 1.165) is 10.8 Å². The standard InChI is InChI=1S/C12H10O2.ClH/c1-9(13)14-12-7-6-10-4-2-3-5-11(10)8-12;/h2-8H,1H3;1H. The van der Waals surface area contributed by atoms with Crippen LogP contribution in [0.5, 0.6) is 5.75 Å². The number of fused-ring (bicyclic) bond motifs is 1. The van der Waals surface area contributed by atoms with Crippen LogP contribution >= 0.6 is 12.4 Å². The minimum Gasteiger partial charge on any atom is -0.427 e. The molecule has 0 bridgehead atoms. The topological polar surface area (TPSA) is 26.3 Å². The van der Waals surface area contributed by atoms with Crippen molar-refractivity contribution in [2.24, 2.45) is 0 Å². The van der Waals surface area contributed by atoms with E-state index < -0.39 is 0 Å². The van der Waals surface area contributed by atoms with Crippen LogP contribution in [0.2, 0.25) is 0 Å². The zero-order chi connectivity index (χ0) is 9.97. The van der Waals surface area contributed by atoms with Crippen LogP contribution in [0.4, 0.5) is 0 Å². The van der Waals surface area contributed by atoms with Gasteiger partial charge in [-0.15, -0.1) is 12.4 Å². The molecule has 2 nitrogen and oxygen atoms in total. The highest BCUT2D eigenvalue weighted by atomic mass is 35.5. The predicted octanol–water partition coefficient (Wildman–Crippen LogP) is 3.19. The lowest BCUT2D eigenvalue weighted by Crippen LogP contribution is -2.00. The zero-order valence-corrected chi connectivity index (χ0v) is 9.08. The third-order valence-corrected chi connectivity index (χ3v) is 1.98. The SMILES string of the molecule is CC(=O)Oc1ccc2ccccc2c1.Cl. The van der Waals surface area contributed by atoms with Crippen molar-refractivity contribution in [2.75, 3.05) is 0 Å². The lowest BCUT2D eigenvalue weighted by molar-refractivity contribution is -0.131. The molecule has 0 saturated carbocycles. The maximum absolute atomic E-state index is 10.7. The first-order valence-corrected chi connectivity index (χ1v) is 4.43. The third-order valence-electron chi connectivity index (χ3n) is 1.98. The van der Waals surface area contributed by atoms with E-state index in [4.69, 9.17) is 4.74 Å². The highest BCUT2D eigenvalue weighted by molar-refractivity contribution is 5.85. The van der Waals surface area contributed by atoms with E-state index in [9.17, 15) is 4.79 Å². The maximum Gasteiger partial charge on any atom is 0.308 e. The molecule has 0 amide bonds. The van der Waals surface area contributed by atoms with Crippen LogP contribution < -0.4 is 4.74 Å². The van der Waals surface area contributed by atoms with E-state index in [2.05, 4.69) is 0 Å². The first-order valence-electron chi connectivity index (χ1n) is 4.43. The van der Waals surface area contributed by atoms with E-state index in [1.165, 1.54) is 6.92 Å². The minimum absolute atomic E-state index is 0. The Morgan fingerprint density at radius 2 is 1.73 bits per heavy atom. The lowest BCUT2D eigenvalue weighted by atomic mass is 10.1. The molecule has 0 aliphatic carbocycles. The van der Waals surface area contributed by atoms with Crippen LogP contribution in [-0.2, 0) is 4.79 Å². The van der Waals surface area contributed by atoms with Gasteiger partial charge in [-0.05, 0) is 22.9 Å². The van der Waals surface area contributed by atoms with Gasteiger partial charge in [0, 0.05) is 6.92 Å². The fourth-order valence-electron chi connectivity index (χ4n) is 1.40. The summed E-state index contributed by atoms with van der Waals surface area (Å²) in [4.78, 5) is 10.7. The predicted molar refractivity (Wildman–Crippen MR) is 62.5 cm³/mol. The summed E-state index contributed by atoms with van der Waals surface area (Å²) in [5.74, 6) is 0.302. The molecule has 0 fully saturated rings. The number of hydrogen-bond acceptors (Lipinski definition) is 2. The zero-order valence-electron chi connectivity index (χ0n) is 8.27. The van der Waals surface area contributed by atoms with Crippen LogP contribution in [0.3, 0.4) is 0 Å². The molecule has 0 aliphatic heterocycles. The molecule has 3 heteroatoms. The fraction of sp³-hybridized carbons (Fsp3) is 0.0833. The van der Waals surface area contributed by atoms with Gasteiger partial charge in [0.05, 0.1) is 0 Å². The molecule has 0 unspecified atom stereocenters. The van der Waals surface area contributed by atoms with Gasteiger partial charge in [0.2, 0.25) is 0 Å². The summed E-state index contributed by atoms with van der Waals surface area (Å²) in [6, 6.07) is 13.5. The molecule has 15 heavy (non-hydrogen) atoms. The van der Waals surface area contributed by atoms with Gasteiger partial charge in [-0.3, -0.25) is 4.79 Å². The number of carbonyl (C=O) groups excluding carboxylic acids is 1. The average molecular weight is 223 g/mol. The van der Waals surface area contributed by atoms with Crippen molar-refractivity contribution in [3.63, 3.8) is 0 Å². The average Bonchev–Trinajstić information content (AvgIpc) is 2.17. The van der Waals surface area contributed by atoms with Crippen molar-refractivity contribution >= 4 is 29.1 Å². The second kappa shape index (κ2) is 4.80. The second-order valence-electron chi connectivity index (χ2n) is 3.10. The van der Waals surface area contributed by atoms with Gasteiger partial charge in [0.15, 0.2) is 0 Å². The highest BCUT2D eigenvalue weighted by Crippen LogP contribution is 2.20. The Kier molecular flexibility index (Phi) is 3.69. The molecule has 0 aromatic heterocycles. The number of halogens is 1. The van der Waals surface area contributed by atoms with E-state index >= 15 is 0 Å². The van der Waals surface area contributed by atoms with Crippen molar-refractivity contribution in [2.45, 2.75) is 6.92 Å². The Labute approximate surface area is 94.3 Å². The Morgan fingerprint density at radius 3 is 2.40 bits per heavy atom. The van der Waals surface area contributed by atoms with Gasteiger partial charge < -0.3 is 4.74 Å². The van der Waals surface area contributed by atoms with Gasteiger partial charge in [0.25, 0.3) is 0 Å². The van der Waals surface area contributed by atoms with E-state index in [0.29, 0.717) is 5.75 Å². The Bertz CT molecular complexity index is 480. The van der Waals surface area contributed by atoms with E-state index in [-0.39, 0.29) is 18.4 Å². The molecule has 0 atom stereocenters. The van der Waals surface area contributed by atoms with Crippen LogP contribution in [0.15, 0.2) is 42.5 Å². The van der Waals surface area contributed by atoms with Gasteiger partial charge in [-0.2, -0.15) is 0 Å². The summed E-state index contributed by atoms with van der Waals surface area (Å²) in [7, 11) is 0. The Balaban J connectivity index is 0.00000112. The minimum atomic E-state index is -0.291. The molecule has 2 rings (SSSR count). The van der Waals surface area contributed by atoms with Crippen molar-refractivity contribution in [3.8, 4) is 5.75 Å². The van der Waals surface area contributed by atoms with Crippen molar-refractivity contribution in [3.05, 3.63) is 42.5 Å². The molecule has 78 valence electrons. The van der Waals surface area contributed by atoms with Crippen molar-refractivity contribution in [1.82, 2.24) is 0 Å². The van der Waals surface area contributed by atoms with Crippen LogP contribution in [-0.4, -0.2) is 5.97 Å². The number of ether oxygens (including phenoxy) is 1. The third kappa shape index (κ3) is 2.70. The number of hydrogen-bond donors (Lipinski definition) is 0. The van der Waals surface area contributed by atoms with Crippen LogP contribution in [0.1, 0.15) is 6.92 Å². The Hall–Kier alpha value is -1.54. The second-order valence-corrected chi connectivity index (χ2v) is 3.10. The van der Waals surface area contributed by atoms with E-state index in [1.54, 1.807) is 6.07 Å². The largest absolute Gasteiger partial charge is 0.427 e. The molecule has 0 radical (unpaired) electrons. The summed E-state index contributed by atoms with van der Waals surface area (Å²) in [5, 5.41) is 2.22. The maximum atomic E-state index is 10.7. The molecule has 0 heterocycles. The fourth-order valence-corrected chi connectivity index (χ4v) is 1.40. The number of rotatable bonds is 1. The molecular weight excluding hydrogens is 212 g/mol. The molecular formula is C12H11ClO2. The highest BCUT2D eigenvalue weighted by Gasteiger charge is 1.98. The molecule has 0 N–H and O–H groups in total. The summed E-state index contributed by atoms with van der Waals surface area (Å²) in [6.07, 6.45) is 0. The first kappa shape index (κ1) is 11.5. The summed E-state index contributed by atoms with van der Waals surface area (Å²) < 4.78 is 4.98. The van der Waals surface area contributed by atoms with Gasteiger partial charge >= 0.3 is 5.97 Å². The number of esters is 1. The van der Waals surface area contributed by atoms with Crippen LogP contribution in [0.25, 0.3) is 10.8 Å².